The third-order valence-corrected chi connectivity index (χ3v) is 5.68. The molecular formula is C19H29N5O3S. The smallest absolute Gasteiger partial charge is 0.209 e. The minimum atomic E-state index is -3.34. The van der Waals surface area contributed by atoms with Crippen LogP contribution in [-0.2, 0) is 29.5 Å². The van der Waals surface area contributed by atoms with Crippen LogP contribution in [0, 0.1) is 5.92 Å². The number of benzene rings is 1. The predicted molar refractivity (Wildman–Crippen MR) is 108 cm³/mol. The molecule has 3 rings (SSSR count). The van der Waals surface area contributed by atoms with Crippen LogP contribution in [0.2, 0.25) is 0 Å². The fraction of sp³-hybridized carbons (Fsp3) is 0.579. The lowest BCUT2D eigenvalue weighted by atomic mass is 10.1. The Kier molecular flexibility index (Phi) is 6.36. The molecule has 0 aliphatic carbocycles. The highest BCUT2D eigenvalue weighted by Gasteiger charge is 2.28. The van der Waals surface area contributed by atoms with Crippen LogP contribution < -0.4 is 9.46 Å². The molecule has 8 nitrogen and oxygen atoms in total. The van der Waals surface area contributed by atoms with E-state index in [1.807, 2.05) is 26.0 Å². The molecule has 9 heteroatoms. The normalized spacial score (nSPS) is 16.6. The van der Waals surface area contributed by atoms with Gasteiger partial charge in [-0.15, -0.1) is 10.2 Å². The first kappa shape index (κ1) is 20.8. The van der Waals surface area contributed by atoms with Crippen LogP contribution in [0.5, 0.6) is 5.75 Å². The van der Waals surface area contributed by atoms with Gasteiger partial charge in [0.05, 0.1) is 19.4 Å². The van der Waals surface area contributed by atoms with Gasteiger partial charge in [-0.05, 0) is 23.6 Å². The number of aromatic nitrogens is 3. The average Bonchev–Trinajstić information content (AvgIpc) is 2.93. The molecule has 0 amide bonds. The number of hydrogen-bond acceptors (Lipinski definition) is 6. The quantitative estimate of drug-likeness (QED) is 0.750. The zero-order valence-corrected chi connectivity index (χ0v) is 17.7. The van der Waals surface area contributed by atoms with Gasteiger partial charge < -0.3 is 9.30 Å². The van der Waals surface area contributed by atoms with Crippen molar-refractivity contribution in [2.45, 2.75) is 39.4 Å². The number of rotatable bonds is 7. The van der Waals surface area contributed by atoms with Crippen LogP contribution >= 0.6 is 0 Å². The van der Waals surface area contributed by atoms with Gasteiger partial charge in [-0.1, -0.05) is 26.0 Å². The molecule has 2 heterocycles. The van der Waals surface area contributed by atoms with Gasteiger partial charge in [0, 0.05) is 32.6 Å². The summed E-state index contributed by atoms with van der Waals surface area (Å²) >= 11 is 0. The number of nitrogens with zero attached hydrogens (tertiary/aromatic N) is 4. The van der Waals surface area contributed by atoms with Crippen LogP contribution in [0.1, 0.15) is 37.1 Å². The van der Waals surface area contributed by atoms with Crippen LogP contribution in [0.25, 0.3) is 0 Å². The summed E-state index contributed by atoms with van der Waals surface area (Å²) in [6.07, 6.45) is 1.96. The Morgan fingerprint density at radius 2 is 1.86 bits per heavy atom. The molecule has 0 fully saturated rings. The van der Waals surface area contributed by atoms with Crippen LogP contribution in [0.4, 0.5) is 0 Å². The maximum Gasteiger partial charge on any atom is 0.209 e. The minimum Gasteiger partial charge on any atom is -0.497 e. The van der Waals surface area contributed by atoms with Gasteiger partial charge in [0.15, 0.2) is 5.82 Å². The van der Waals surface area contributed by atoms with Gasteiger partial charge >= 0.3 is 0 Å². The van der Waals surface area contributed by atoms with Crippen molar-refractivity contribution < 1.29 is 13.2 Å². The van der Waals surface area contributed by atoms with Gasteiger partial charge in [-0.2, -0.15) is 0 Å². The highest BCUT2D eigenvalue weighted by atomic mass is 32.2. The number of sulfonamides is 1. The molecule has 1 aromatic carbocycles. The van der Waals surface area contributed by atoms with E-state index in [1.165, 1.54) is 11.8 Å². The van der Waals surface area contributed by atoms with Crippen molar-refractivity contribution in [3.8, 4) is 5.75 Å². The molecule has 1 aliphatic rings. The summed E-state index contributed by atoms with van der Waals surface area (Å²) in [5, 5.41) is 8.68. The lowest BCUT2D eigenvalue weighted by molar-refractivity contribution is 0.268. The van der Waals surface area contributed by atoms with Gasteiger partial charge in [-0.3, -0.25) is 4.90 Å². The predicted octanol–water partition coefficient (Wildman–Crippen LogP) is 1.59. The Morgan fingerprint density at radius 1 is 1.14 bits per heavy atom. The highest BCUT2D eigenvalue weighted by Crippen LogP contribution is 2.23. The molecule has 1 atom stereocenters. The van der Waals surface area contributed by atoms with Crippen molar-refractivity contribution in [3.05, 3.63) is 41.5 Å². The molecule has 0 unspecified atom stereocenters. The van der Waals surface area contributed by atoms with E-state index in [-0.39, 0.29) is 12.0 Å². The second-order valence-electron chi connectivity index (χ2n) is 7.61. The minimum absolute atomic E-state index is 0.0710. The summed E-state index contributed by atoms with van der Waals surface area (Å²) in [5.41, 5.74) is 1.23. The fourth-order valence-corrected chi connectivity index (χ4v) is 4.32. The Hall–Kier alpha value is -1.97. The average molecular weight is 408 g/mol. The first-order valence-electron chi connectivity index (χ1n) is 9.51. The molecule has 0 saturated carbocycles. The van der Waals surface area contributed by atoms with Crippen LogP contribution in [-0.4, -0.2) is 54.5 Å². The molecule has 0 bridgehead atoms. The van der Waals surface area contributed by atoms with Gasteiger partial charge in [-0.25, -0.2) is 13.1 Å². The molecule has 2 aromatic rings. The van der Waals surface area contributed by atoms with E-state index >= 15 is 0 Å². The third kappa shape index (κ3) is 5.09. The third-order valence-electron chi connectivity index (χ3n) is 5.00. The second-order valence-corrected chi connectivity index (χ2v) is 9.39. The summed E-state index contributed by atoms with van der Waals surface area (Å²) < 4.78 is 33.6. The van der Waals surface area contributed by atoms with Crippen molar-refractivity contribution in [2.24, 2.45) is 5.92 Å². The molecular weight excluding hydrogens is 378 g/mol. The highest BCUT2D eigenvalue weighted by molar-refractivity contribution is 7.88. The molecule has 1 N–H and O–H groups in total. The van der Waals surface area contributed by atoms with Crippen molar-refractivity contribution in [2.75, 3.05) is 26.5 Å². The maximum absolute atomic E-state index is 11.8. The van der Waals surface area contributed by atoms with Crippen LogP contribution in [0.15, 0.2) is 24.3 Å². The lowest BCUT2D eigenvalue weighted by Gasteiger charge is -2.22. The number of hydrogen-bond donors (Lipinski definition) is 1. The largest absolute Gasteiger partial charge is 0.497 e. The summed E-state index contributed by atoms with van der Waals surface area (Å²) in [6, 6.07) is 7.74. The Morgan fingerprint density at radius 3 is 2.46 bits per heavy atom. The van der Waals surface area contributed by atoms with E-state index < -0.39 is 10.0 Å². The van der Waals surface area contributed by atoms with E-state index in [4.69, 9.17) is 4.74 Å². The molecule has 0 spiro atoms. The number of nitrogens with one attached hydrogen (secondary N) is 1. The second kappa shape index (κ2) is 8.59. The van der Waals surface area contributed by atoms with Crippen LogP contribution in [0.3, 0.4) is 0 Å². The molecule has 0 saturated heterocycles. The van der Waals surface area contributed by atoms with Gasteiger partial charge in [0.25, 0.3) is 0 Å². The van der Waals surface area contributed by atoms with E-state index in [0.29, 0.717) is 5.82 Å². The zero-order chi connectivity index (χ0) is 20.3. The number of methoxy groups -OCH3 is 1. The monoisotopic (exact) mass is 407 g/mol. The summed E-state index contributed by atoms with van der Waals surface area (Å²) in [6.45, 7) is 7.30. The first-order chi connectivity index (χ1) is 13.3. The van der Waals surface area contributed by atoms with E-state index in [1.54, 1.807) is 7.11 Å². The molecule has 154 valence electrons. The Labute approximate surface area is 167 Å². The summed E-state index contributed by atoms with van der Waals surface area (Å²) in [7, 11) is -1.67. The topological polar surface area (TPSA) is 89.3 Å². The molecule has 28 heavy (non-hydrogen) atoms. The lowest BCUT2D eigenvalue weighted by Crippen LogP contribution is -2.33. The standard InChI is InChI=1S/C19H29N5O3S/c1-14(2)18(22-28(4,25)26)19-21-20-17-9-10-23(11-12-24(17)19)13-15-5-7-16(27-3)8-6-15/h5-8,14,18,22H,9-13H2,1-4H3/t18-/m0/s1. The maximum atomic E-state index is 11.8. The zero-order valence-electron chi connectivity index (χ0n) is 16.9. The number of fused-ring (bicyclic) bond motifs is 1. The molecule has 1 aromatic heterocycles. The van der Waals surface area contributed by atoms with E-state index in [0.717, 1.165) is 44.2 Å². The van der Waals surface area contributed by atoms with E-state index in [9.17, 15) is 8.42 Å². The SMILES string of the molecule is COc1ccc(CN2CCc3nnc([C@@H](NS(C)(=O)=O)C(C)C)n3CC2)cc1. The fourth-order valence-electron chi connectivity index (χ4n) is 3.48. The Bertz CT molecular complexity index is 893. The molecule has 0 radical (unpaired) electrons. The molecule has 1 aliphatic heterocycles. The van der Waals surface area contributed by atoms with Gasteiger partial charge in [0.1, 0.15) is 11.6 Å². The summed E-state index contributed by atoms with van der Waals surface area (Å²) in [5.74, 6) is 2.53. The summed E-state index contributed by atoms with van der Waals surface area (Å²) in [4.78, 5) is 2.38. The first-order valence-corrected chi connectivity index (χ1v) is 11.4. The van der Waals surface area contributed by atoms with Crippen molar-refractivity contribution >= 4 is 10.0 Å². The number of ether oxygens (including phenoxy) is 1. The van der Waals surface area contributed by atoms with Crippen molar-refractivity contribution in [1.82, 2.24) is 24.4 Å². The Balaban J connectivity index is 1.73. The van der Waals surface area contributed by atoms with Crippen molar-refractivity contribution in [1.29, 1.82) is 0 Å². The van der Waals surface area contributed by atoms with Gasteiger partial charge in [0.2, 0.25) is 10.0 Å². The van der Waals surface area contributed by atoms with Crippen molar-refractivity contribution in [3.63, 3.8) is 0 Å². The van der Waals surface area contributed by atoms with E-state index in [2.05, 4.69) is 36.5 Å².